The Morgan fingerprint density at radius 2 is 1.92 bits per heavy atom. The van der Waals surface area contributed by atoms with Crippen molar-refractivity contribution in [2.75, 3.05) is 24.5 Å². The number of benzene rings is 1. The van der Waals surface area contributed by atoms with Gasteiger partial charge < -0.3 is 5.32 Å². The van der Waals surface area contributed by atoms with Gasteiger partial charge in [0.05, 0.1) is 4.90 Å². The molecule has 0 aromatic heterocycles. The van der Waals surface area contributed by atoms with E-state index in [0.717, 1.165) is 12.8 Å². The highest BCUT2D eigenvalue weighted by atomic mass is 32.2. The average Bonchev–Trinajstić information content (AvgIpc) is 3.22. The Morgan fingerprint density at radius 1 is 1.24 bits per heavy atom. The van der Waals surface area contributed by atoms with E-state index < -0.39 is 16.1 Å². The molecule has 136 valence electrons. The third-order valence-corrected chi connectivity index (χ3v) is 6.63. The van der Waals surface area contributed by atoms with Crippen LogP contribution in [0.4, 0.5) is 5.69 Å². The molecular formula is C17H23N3O4S. The lowest BCUT2D eigenvalue weighted by molar-refractivity contribution is -0.125. The van der Waals surface area contributed by atoms with Crippen molar-refractivity contribution in [1.29, 1.82) is 0 Å². The zero-order valence-electron chi connectivity index (χ0n) is 14.5. The third kappa shape index (κ3) is 3.16. The number of carbonyl (C=O) groups is 2. The quantitative estimate of drug-likeness (QED) is 0.858. The number of anilines is 1. The second kappa shape index (κ2) is 6.76. The fourth-order valence-corrected chi connectivity index (χ4v) is 5.13. The van der Waals surface area contributed by atoms with Gasteiger partial charge in [-0.3, -0.25) is 14.5 Å². The van der Waals surface area contributed by atoms with Crippen molar-refractivity contribution in [3.63, 3.8) is 0 Å². The number of likely N-dealkylation sites (N-methyl/N-ethyl adjacent to an activating group) is 1. The van der Waals surface area contributed by atoms with Gasteiger partial charge in [0.2, 0.25) is 21.8 Å². The van der Waals surface area contributed by atoms with Crippen molar-refractivity contribution in [1.82, 2.24) is 9.62 Å². The molecule has 1 N–H and O–H groups in total. The molecule has 0 unspecified atom stereocenters. The van der Waals surface area contributed by atoms with Gasteiger partial charge in [-0.25, -0.2) is 8.42 Å². The minimum atomic E-state index is -3.52. The molecule has 1 aromatic carbocycles. The Kier molecular flexibility index (Phi) is 4.83. The van der Waals surface area contributed by atoms with Crippen LogP contribution in [0.3, 0.4) is 0 Å². The molecular weight excluding hydrogens is 342 g/mol. The number of amides is 2. The summed E-state index contributed by atoms with van der Waals surface area (Å²) in [6.45, 7) is 4.79. The van der Waals surface area contributed by atoms with E-state index in [1.165, 1.54) is 22.2 Å². The second-order valence-corrected chi connectivity index (χ2v) is 8.34. The Balaban J connectivity index is 1.95. The van der Waals surface area contributed by atoms with Gasteiger partial charge in [-0.1, -0.05) is 0 Å². The van der Waals surface area contributed by atoms with Crippen LogP contribution in [-0.2, 0) is 26.0 Å². The highest BCUT2D eigenvalue weighted by Crippen LogP contribution is 2.35. The molecule has 1 atom stereocenters. The Bertz CT molecular complexity index is 800. The van der Waals surface area contributed by atoms with E-state index in [1.54, 1.807) is 12.1 Å². The molecule has 2 aliphatic heterocycles. The van der Waals surface area contributed by atoms with Gasteiger partial charge in [0.1, 0.15) is 6.04 Å². The predicted molar refractivity (Wildman–Crippen MR) is 93.8 cm³/mol. The first kappa shape index (κ1) is 17.9. The largest absolute Gasteiger partial charge is 0.355 e. The Labute approximate surface area is 148 Å². The highest BCUT2D eigenvalue weighted by Gasteiger charge is 2.38. The molecule has 0 aliphatic carbocycles. The van der Waals surface area contributed by atoms with E-state index in [9.17, 15) is 18.0 Å². The zero-order chi connectivity index (χ0) is 18.2. The molecule has 0 bridgehead atoms. The molecule has 2 amide bonds. The number of nitrogens with zero attached hydrogens (tertiary/aromatic N) is 2. The molecule has 0 radical (unpaired) electrons. The molecule has 0 spiro atoms. The van der Waals surface area contributed by atoms with E-state index in [0.29, 0.717) is 37.3 Å². The van der Waals surface area contributed by atoms with Gasteiger partial charge in [-0.2, -0.15) is 4.31 Å². The van der Waals surface area contributed by atoms with Crippen molar-refractivity contribution in [3.05, 3.63) is 23.8 Å². The van der Waals surface area contributed by atoms with E-state index in [-0.39, 0.29) is 16.7 Å². The van der Waals surface area contributed by atoms with Crippen LogP contribution in [0.5, 0.6) is 0 Å². The average molecular weight is 365 g/mol. The van der Waals surface area contributed by atoms with Gasteiger partial charge in [0.15, 0.2) is 0 Å². The molecule has 1 fully saturated rings. The molecule has 25 heavy (non-hydrogen) atoms. The molecule has 3 rings (SSSR count). The number of hydrogen-bond acceptors (Lipinski definition) is 4. The first-order valence-corrected chi connectivity index (χ1v) is 10.0. The number of hydrogen-bond donors (Lipinski definition) is 1. The summed E-state index contributed by atoms with van der Waals surface area (Å²) < 4.78 is 27.0. The molecule has 0 saturated carbocycles. The Morgan fingerprint density at radius 3 is 2.52 bits per heavy atom. The summed E-state index contributed by atoms with van der Waals surface area (Å²) in [6.07, 6.45) is 2.08. The van der Waals surface area contributed by atoms with Crippen molar-refractivity contribution in [3.8, 4) is 0 Å². The molecule has 7 nitrogen and oxygen atoms in total. The van der Waals surface area contributed by atoms with Crippen LogP contribution in [0.1, 0.15) is 32.3 Å². The van der Waals surface area contributed by atoms with Gasteiger partial charge >= 0.3 is 0 Å². The molecule has 1 saturated heterocycles. The molecule has 8 heteroatoms. The van der Waals surface area contributed by atoms with Crippen molar-refractivity contribution >= 4 is 27.5 Å². The first-order chi connectivity index (χ1) is 11.9. The van der Waals surface area contributed by atoms with E-state index in [4.69, 9.17) is 0 Å². The van der Waals surface area contributed by atoms with Crippen LogP contribution in [0, 0.1) is 0 Å². The fourth-order valence-electron chi connectivity index (χ4n) is 3.56. The number of rotatable bonds is 4. The molecule has 2 heterocycles. The third-order valence-electron chi connectivity index (χ3n) is 4.73. The van der Waals surface area contributed by atoms with Crippen LogP contribution < -0.4 is 10.2 Å². The summed E-state index contributed by atoms with van der Waals surface area (Å²) in [5, 5.41) is 2.74. The Hall–Kier alpha value is -1.93. The van der Waals surface area contributed by atoms with Gasteiger partial charge in [0, 0.05) is 38.7 Å². The monoisotopic (exact) mass is 365 g/mol. The zero-order valence-corrected chi connectivity index (χ0v) is 15.3. The second-order valence-electron chi connectivity index (χ2n) is 6.41. The number of nitrogens with one attached hydrogen (secondary N) is 1. The van der Waals surface area contributed by atoms with E-state index >= 15 is 0 Å². The van der Waals surface area contributed by atoms with Gasteiger partial charge in [0.25, 0.3) is 0 Å². The highest BCUT2D eigenvalue weighted by molar-refractivity contribution is 7.89. The lowest BCUT2D eigenvalue weighted by Crippen LogP contribution is -2.47. The van der Waals surface area contributed by atoms with Crippen molar-refractivity contribution in [2.45, 2.75) is 44.0 Å². The summed E-state index contributed by atoms with van der Waals surface area (Å²) in [7, 11) is -3.52. The van der Waals surface area contributed by atoms with Crippen LogP contribution in [0.2, 0.25) is 0 Å². The lowest BCUT2D eigenvalue weighted by atomic mass is 10.1. The summed E-state index contributed by atoms with van der Waals surface area (Å²) in [6, 6.07) is 4.15. The maximum absolute atomic E-state index is 12.7. The predicted octanol–water partition coefficient (Wildman–Crippen LogP) is 0.885. The summed E-state index contributed by atoms with van der Waals surface area (Å²) in [4.78, 5) is 26.0. The van der Waals surface area contributed by atoms with Gasteiger partial charge in [-0.15, -0.1) is 0 Å². The van der Waals surface area contributed by atoms with Crippen LogP contribution in [0.25, 0.3) is 0 Å². The number of sulfonamides is 1. The summed E-state index contributed by atoms with van der Waals surface area (Å²) in [5.74, 6) is -0.456. The van der Waals surface area contributed by atoms with E-state index in [2.05, 4.69) is 5.32 Å². The van der Waals surface area contributed by atoms with Gasteiger partial charge in [-0.05, 0) is 43.5 Å². The van der Waals surface area contributed by atoms with E-state index in [1.807, 2.05) is 6.92 Å². The summed E-state index contributed by atoms with van der Waals surface area (Å²) >= 11 is 0. The SMILES string of the molecule is CCNC(=O)[C@@H]1Cc2cc(S(=O)(=O)N3CCCC3)ccc2N1C(C)=O. The number of carbonyl (C=O) groups excluding carboxylic acids is 2. The van der Waals surface area contributed by atoms with Crippen molar-refractivity contribution < 1.29 is 18.0 Å². The van der Waals surface area contributed by atoms with Crippen LogP contribution in [-0.4, -0.2) is 50.2 Å². The van der Waals surface area contributed by atoms with Crippen LogP contribution >= 0.6 is 0 Å². The minimum Gasteiger partial charge on any atom is -0.355 e. The standard InChI is InChI=1S/C17H23N3O4S/c1-3-18-17(22)16-11-13-10-14(6-7-15(13)20(16)12(2)21)25(23,24)19-8-4-5-9-19/h6-7,10,16H,3-5,8-9,11H2,1-2H3,(H,18,22)/t16-/m0/s1. The normalized spacial score (nSPS) is 20.6. The maximum atomic E-state index is 12.7. The molecule has 2 aliphatic rings. The minimum absolute atomic E-state index is 0.224. The van der Waals surface area contributed by atoms with Crippen molar-refractivity contribution in [2.24, 2.45) is 0 Å². The maximum Gasteiger partial charge on any atom is 0.243 e. The smallest absolute Gasteiger partial charge is 0.243 e. The lowest BCUT2D eigenvalue weighted by Gasteiger charge is -2.23. The molecule has 1 aromatic rings. The number of fused-ring (bicyclic) bond motifs is 1. The topological polar surface area (TPSA) is 86.8 Å². The summed E-state index contributed by atoms with van der Waals surface area (Å²) in [5.41, 5.74) is 1.33. The first-order valence-electron chi connectivity index (χ1n) is 8.57. The van der Waals surface area contributed by atoms with Crippen LogP contribution in [0.15, 0.2) is 23.1 Å². The fraction of sp³-hybridized carbons (Fsp3) is 0.529.